The molecule has 1 N–H and O–H groups in total. The second-order valence-corrected chi connectivity index (χ2v) is 7.29. The molecule has 1 aromatic carbocycles. The summed E-state index contributed by atoms with van der Waals surface area (Å²) in [6.07, 6.45) is 0.747. The lowest BCUT2D eigenvalue weighted by molar-refractivity contribution is 0.0732. The van der Waals surface area contributed by atoms with Gasteiger partial charge in [-0.3, -0.25) is 14.5 Å². The van der Waals surface area contributed by atoms with E-state index in [1.807, 2.05) is 60.8 Å². The quantitative estimate of drug-likeness (QED) is 0.763. The van der Waals surface area contributed by atoms with E-state index < -0.39 is 0 Å². The number of nitrogens with zero attached hydrogens (tertiary/aromatic N) is 4. The van der Waals surface area contributed by atoms with Crippen LogP contribution in [0.5, 0.6) is 0 Å². The summed E-state index contributed by atoms with van der Waals surface area (Å²) in [7, 11) is 1.89. The predicted molar refractivity (Wildman–Crippen MR) is 107 cm³/mol. The Balaban J connectivity index is 1.55. The molecule has 0 aliphatic carbocycles. The number of carbonyl (C=O) groups is 1. The summed E-state index contributed by atoms with van der Waals surface area (Å²) in [5, 5.41) is 13.9. The van der Waals surface area contributed by atoms with E-state index in [2.05, 4.69) is 16.1 Å². The van der Waals surface area contributed by atoms with E-state index in [4.69, 9.17) is 0 Å². The van der Waals surface area contributed by atoms with Crippen molar-refractivity contribution in [3.8, 4) is 11.1 Å². The molecule has 1 aliphatic rings. The lowest BCUT2D eigenvalue weighted by Crippen LogP contribution is -2.36. The van der Waals surface area contributed by atoms with Gasteiger partial charge < -0.3 is 10.0 Å². The molecule has 1 amide bonds. The molecule has 3 heterocycles. The van der Waals surface area contributed by atoms with Gasteiger partial charge in [-0.2, -0.15) is 5.10 Å². The molecule has 2 aromatic heterocycles. The van der Waals surface area contributed by atoms with E-state index in [-0.39, 0.29) is 12.5 Å². The number of amides is 1. The number of aromatic nitrogens is 3. The molecule has 6 nitrogen and oxygen atoms in total. The highest BCUT2D eigenvalue weighted by atomic mass is 16.3. The van der Waals surface area contributed by atoms with Gasteiger partial charge in [0.05, 0.1) is 12.3 Å². The maximum atomic E-state index is 13.0. The fourth-order valence-electron chi connectivity index (χ4n) is 3.94. The molecule has 0 spiro atoms. The first kappa shape index (κ1) is 18.4. The summed E-state index contributed by atoms with van der Waals surface area (Å²) in [6.45, 7) is 5.01. The van der Waals surface area contributed by atoms with Crippen LogP contribution in [0.4, 0.5) is 0 Å². The minimum absolute atomic E-state index is 0.00342. The lowest BCUT2D eigenvalue weighted by Gasteiger charge is -2.27. The second kappa shape index (κ2) is 7.20. The van der Waals surface area contributed by atoms with Crippen molar-refractivity contribution in [3.05, 3.63) is 70.3 Å². The summed E-state index contributed by atoms with van der Waals surface area (Å²) in [4.78, 5) is 19.3. The highest BCUT2D eigenvalue weighted by Crippen LogP contribution is 2.26. The van der Waals surface area contributed by atoms with E-state index in [0.717, 1.165) is 40.2 Å². The summed E-state index contributed by atoms with van der Waals surface area (Å²) in [6, 6.07) is 11.8. The van der Waals surface area contributed by atoms with Gasteiger partial charge in [-0.25, -0.2) is 0 Å². The molecule has 0 atom stereocenters. The number of rotatable bonds is 3. The van der Waals surface area contributed by atoms with Crippen molar-refractivity contribution in [2.45, 2.75) is 33.4 Å². The highest BCUT2D eigenvalue weighted by Gasteiger charge is 2.27. The number of aryl methyl sites for hydroxylation is 3. The van der Waals surface area contributed by atoms with Crippen molar-refractivity contribution in [1.82, 2.24) is 19.7 Å². The topological polar surface area (TPSA) is 71.2 Å². The van der Waals surface area contributed by atoms with Gasteiger partial charge in [0.25, 0.3) is 5.91 Å². The zero-order valence-electron chi connectivity index (χ0n) is 16.4. The van der Waals surface area contributed by atoms with Crippen LogP contribution in [0.25, 0.3) is 11.1 Å². The Bertz CT molecular complexity index is 1040. The average molecular weight is 376 g/mol. The molecule has 28 heavy (non-hydrogen) atoms. The van der Waals surface area contributed by atoms with E-state index >= 15 is 0 Å². The Hall–Kier alpha value is -2.99. The number of hydrogen-bond donors (Lipinski definition) is 1. The van der Waals surface area contributed by atoms with Gasteiger partial charge >= 0.3 is 0 Å². The Labute approximate surface area is 164 Å². The Morgan fingerprint density at radius 2 is 1.89 bits per heavy atom. The molecule has 0 radical (unpaired) electrons. The molecular formula is C22H24N4O2. The minimum Gasteiger partial charge on any atom is -0.390 e. The van der Waals surface area contributed by atoms with Crippen molar-refractivity contribution >= 4 is 5.91 Å². The first-order valence-electron chi connectivity index (χ1n) is 9.46. The minimum atomic E-state index is -0.107. The van der Waals surface area contributed by atoms with Crippen molar-refractivity contribution in [2.75, 3.05) is 6.54 Å². The number of aliphatic hydroxyl groups excluding tert-OH is 1. The molecule has 6 heteroatoms. The molecule has 0 saturated carbocycles. The van der Waals surface area contributed by atoms with Crippen LogP contribution in [0.15, 0.2) is 36.4 Å². The maximum Gasteiger partial charge on any atom is 0.254 e. The highest BCUT2D eigenvalue weighted by molar-refractivity contribution is 5.95. The van der Waals surface area contributed by atoms with Gasteiger partial charge in [0.1, 0.15) is 0 Å². The molecule has 1 aliphatic heterocycles. The van der Waals surface area contributed by atoms with Crippen LogP contribution in [0.2, 0.25) is 0 Å². The fraction of sp³-hybridized carbons (Fsp3) is 0.318. The smallest absolute Gasteiger partial charge is 0.254 e. The van der Waals surface area contributed by atoms with Crippen molar-refractivity contribution in [1.29, 1.82) is 0 Å². The number of pyridine rings is 1. The number of hydrogen-bond acceptors (Lipinski definition) is 4. The number of carbonyl (C=O) groups excluding carboxylic acids is 1. The molecule has 0 unspecified atom stereocenters. The van der Waals surface area contributed by atoms with Crippen LogP contribution in [0.1, 0.15) is 38.7 Å². The van der Waals surface area contributed by atoms with Crippen LogP contribution in [0, 0.1) is 13.8 Å². The van der Waals surface area contributed by atoms with Gasteiger partial charge in [-0.15, -0.1) is 0 Å². The second-order valence-electron chi connectivity index (χ2n) is 7.29. The Morgan fingerprint density at radius 3 is 2.57 bits per heavy atom. The summed E-state index contributed by atoms with van der Waals surface area (Å²) in [5.41, 5.74) is 7.51. The van der Waals surface area contributed by atoms with Crippen molar-refractivity contribution < 1.29 is 9.90 Å². The summed E-state index contributed by atoms with van der Waals surface area (Å²) in [5.74, 6) is 0.00342. The molecule has 3 aromatic rings. The average Bonchev–Trinajstić information content (AvgIpc) is 3.03. The van der Waals surface area contributed by atoms with Gasteiger partial charge in [-0.05, 0) is 37.6 Å². The molecule has 4 rings (SSSR count). The zero-order valence-corrected chi connectivity index (χ0v) is 16.4. The number of aliphatic hydroxyl groups is 1. The molecule has 0 bridgehead atoms. The normalized spacial score (nSPS) is 13.5. The van der Waals surface area contributed by atoms with E-state index in [1.54, 1.807) is 0 Å². The van der Waals surface area contributed by atoms with Crippen LogP contribution in [0.3, 0.4) is 0 Å². The van der Waals surface area contributed by atoms with Gasteiger partial charge in [0.15, 0.2) is 0 Å². The van der Waals surface area contributed by atoms with Crippen molar-refractivity contribution in [2.24, 2.45) is 7.05 Å². The van der Waals surface area contributed by atoms with Crippen LogP contribution >= 0.6 is 0 Å². The third-order valence-corrected chi connectivity index (χ3v) is 5.43. The lowest BCUT2D eigenvalue weighted by atomic mass is 10.0. The van der Waals surface area contributed by atoms with E-state index in [0.29, 0.717) is 24.3 Å². The summed E-state index contributed by atoms with van der Waals surface area (Å²) >= 11 is 0. The van der Waals surface area contributed by atoms with Crippen LogP contribution < -0.4 is 0 Å². The third kappa shape index (κ3) is 3.20. The summed E-state index contributed by atoms with van der Waals surface area (Å²) < 4.78 is 1.81. The molecular weight excluding hydrogens is 352 g/mol. The van der Waals surface area contributed by atoms with Crippen molar-refractivity contribution in [3.63, 3.8) is 0 Å². The standard InChI is InChI=1S/C22H24N4O2/c1-14-4-9-18(15(2)23-14)16-5-7-17(8-6-16)22(28)26-11-10-21-19(12-26)20(13-27)24-25(21)3/h4-9,27H,10-13H2,1-3H3. The first-order valence-corrected chi connectivity index (χ1v) is 9.46. The number of benzene rings is 1. The van der Waals surface area contributed by atoms with Crippen LogP contribution in [-0.2, 0) is 26.6 Å². The molecule has 144 valence electrons. The maximum absolute atomic E-state index is 13.0. The van der Waals surface area contributed by atoms with E-state index in [9.17, 15) is 9.90 Å². The molecule has 0 fully saturated rings. The largest absolute Gasteiger partial charge is 0.390 e. The van der Waals surface area contributed by atoms with E-state index in [1.165, 1.54) is 0 Å². The SMILES string of the molecule is Cc1ccc(-c2ccc(C(=O)N3CCc4c(c(CO)nn4C)C3)cc2)c(C)n1. The predicted octanol–water partition coefficient (Wildman–Crippen LogP) is 2.79. The zero-order chi connectivity index (χ0) is 19.8. The Kier molecular flexibility index (Phi) is 4.73. The molecule has 0 saturated heterocycles. The van der Waals surface area contributed by atoms with Gasteiger partial charge in [0.2, 0.25) is 0 Å². The fourth-order valence-corrected chi connectivity index (χ4v) is 3.94. The van der Waals surface area contributed by atoms with Crippen LogP contribution in [-0.4, -0.2) is 37.2 Å². The monoisotopic (exact) mass is 376 g/mol. The third-order valence-electron chi connectivity index (χ3n) is 5.43. The van der Waals surface area contributed by atoms with Gasteiger partial charge in [-0.1, -0.05) is 18.2 Å². The first-order chi connectivity index (χ1) is 13.5. The Morgan fingerprint density at radius 1 is 1.14 bits per heavy atom. The van der Waals surface area contributed by atoms with Gasteiger partial charge in [0, 0.05) is 60.3 Å². The number of fused-ring (bicyclic) bond motifs is 1.